The molecule has 0 aliphatic carbocycles. The number of aryl methyl sites for hydroxylation is 1. The molecule has 3 N–H and O–H groups in total. The number of urea groups is 1. The predicted molar refractivity (Wildman–Crippen MR) is 58.8 cm³/mol. The number of nitrogens with one attached hydrogen (secondary N) is 1. The van der Waals surface area contributed by atoms with Crippen LogP contribution in [0.25, 0.3) is 0 Å². The Morgan fingerprint density at radius 1 is 1.56 bits per heavy atom. The van der Waals surface area contributed by atoms with E-state index in [-0.39, 0.29) is 18.9 Å². The van der Waals surface area contributed by atoms with Crippen LogP contribution in [-0.2, 0) is 11.8 Å². The molecule has 1 aliphatic heterocycles. The number of aliphatic hydroxyl groups excluding tert-OH is 1. The number of rotatable bonds is 2. The third-order valence-electron chi connectivity index (χ3n) is 2.76. The van der Waals surface area contributed by atoms with Gasteiger partial charge in [-0.1, -0.05) is 0 Å². The molecule has 2 atom stereocenters. The summed E-state index contributed by atoms with van der Waals surface area (Å²) in [5, 5.41) is 24.6. The SMILES string of the molecule is Cn1ncnc1NC(=O)N1C[C@H](O)C[C@H]1C(=O)O. The molecule has 2 amide bonds. The zero-order valence-electron chi connectivity index (χ0n) is 9.65. The molecular weight excluding hydrogens is 242 g/mol. The van der Waals surface area contributed by atoms with Crippen molar-refractivity contribution in [3.05, 3.63) is 6.33 Å². The predicted octanol–water partition coefficient (Wildman–Crippen LogP) is -1.13. The van der Waals surface area contributed by atoms with E-state index in [2.05, 4.69) is 15.4 Å². The Morgan fingerprint density at radius 2 is 2.28 bits per heavy atom. The van der Waals surface area contributed by atoms with Crippen LogP contribution in [0.2, 0.25) is 0 Å². The van der Waals surface area contributed by atoms with Gasteiger partial charge in [-0.15, -0.1) is 0 Å². The van der Waals surface area contributed by atoms with Crippen molar-refractivity contribution in [2.45, 2.75) is 18.6 Å². The van der Waals surface area contributed by atoms with Crippen LogP contribution in [0.15, 0.2) is 6.33 Å². The van der Waals surface area contributed by atoms with E-state index >= 15 is 0 Å². The van der Waals surface area contributed by atoms with E-state index in [0.717, 1.165) is 4.90 Å². The topological polar surface area (TPSA) is 121 Å². The van der Waals surface area contributed by atoms with Crippen molar-refractivity contribution < 1.29 is 19.8 Å². The quantitative estimate of drug-likeness (QED) is 0.614. The van der Waals surface area contributed by atoms with Crippen LogP contribution in [0.4, 0.5) is 10.7 Å². The Bertz CT molecular complexity index is 473. The molecule has 0 saturated carbocycles. The first-order valence-electron chi connectivity index (χ1n) is 5.31. The highest BCUT2D eigenvalue weighted by Crippen LogP contribution is 2.19. The fourth-order valence-electron chi connectivity index (χ4n) is 1.85. The molecule has 2 heterocycles. The monoisotopic (exact) mass is 255 g/mol. The first-order chi connectivity index (χ1) is 8.49. The van der Waals surface area contributed by atoms with Gasteiger partial charge in [-0.3, -0.25) is 5.32 Å². The smallest absolute Gasteiger partial charge is 0.326 e. The maximum Gasteiger partial charge on any atom is 0.326 e. The zero-order chi connectivity index (χ0) is 13.3. The average molecular weight is 255 g/mol. The van der Waals surface area contributed by atoms with E-state index in [1.54, 1.807) is 7.05 Å². The Morgan fingerprint density at radius 3 is 2.83 bits per heavy atom. The van der Waals surface area contributed by atoms with Gasteiger partial charge >= 0.3 is 12.0 Å². The number of aliphatic carboxylic acids is 1. The van der Waals surface area contributed by atoms with Gasteiger partial charge in [0.25, 0.3) is 0 Å². The van der Waals surface area contributed by atoms with Crippen LogP contribution in [0, 0.1) is 0 Å². The molecule has 1 aromatic heterocycles. The number of hydrogen-bond donors (Lipinski definition) is 3. The summed E-state index contributed by atoms with van der Waals surface area (Å²) in [6.45, 7) is -0.0132. The second-order valence-electron chi connectivity index (χ2n) is 4.03. The highest BCUT2D eigenvalue weighted by atomic mass is 16.4. The minimum atomic E-state index is -1.14. The molecule has 0 aromatic carbocycles. The standard InChI is InChI=1S/C9H13N5O4/c1-13-8(10-4-11-13)12-9(18)14-3-5(15)2-6(14)7(16)17/h4-6,15H,2-3H2,1H3,(H,16,17)(H,10,11,12,18)/t5-,6+/m1/s1. The van der Waals surface area contributed by atoms with Crippen LogP contribution in [0.1, 0.15) is 6.42 Å². The van der Waals surface area contributed by atoms with Gasteiger partial charge in [0.2, 0.25) is 5.95 Å². The van der Waals surface area contributed by atoms with Gasteiger partial charge in [0.15, 0.2) is 0 Å². The summed E-state index contributed by atoms with van der Waals surface area (Å²) in [5.41, 5.74) is 0. The number of amides is 2. The summed E-state index contributed by atoms with van der Waals surface area (Å²) >= 11 is 0. The average Bonchev–Trinajstić information content (AvgIpc) is 2.86. The van der Waals surface area contributed by atoms with Crippen molar-refractivity contribution in [1.29, 1.82) is 0 Å². The van der Waals surface area contributed by atoms with Gasteiger partial charge in [0.1, 0.15) is 12.4 Å². The largest absolute Gasteiger partial charge is 0.480 e. The fraction of sp³-hybridized carbons (Fsp3) is 0.556. The molecule has 1 saturated heterocycles. The second-order valence-corrected chi connectivity index (χ2v) is 4.03. The third kappa shape index (κ3) is 2.25. The highest BCUT2D eigenvalue weighted by molar-refractivity contribution is 5.91. The summed E-state index contributed by atoms with van der Waals surface area (Å²) in [6.07, 6.45) is 0.473. The molecule has 18 heavy (non-hydrogen) atoms. The van der Waals surface area contributed by atoms with Gasteiger partial charge in [0.05, 0.1) is 6.10 Å². The Kier molecular flexibility index (Phi) is 3.15. The van der Waals surface area contributed by atoms with Crippen molar-refractivity contribution in [2.24, 2.45) is 7.05 Å². The van der Waals surface area contributed by atoms with Crippen molar-refractivity contribution in [3.8, 4) is 0 Å². The van der Waals surface area contributed by atoms with Gasteiger partial charge in [0, 0.05) is 20.0 Å². The summed E-state index contributed by atoms with van der Waals surface area (Å²) < 4.78 is 1.35. The summed E-state index contributed by atoms with van der Waals surface area (Å²) in [7, 11) is 1.59. The number of hydrogen-bond acceptors (Lipinski definition) is 5. The minimum Gasteiger partial charge on any atom is -0.480 e. The van der Waals surface area contributed by atoms with E-state index in [1.165, 1.54) is 11.0 Å². The van der Waals surface area contributed by atoms with Crippen LogP contribution in [0.5, 0.6) is 0 Å². The van der Waals surface area contributed by atoms with Crippen molar-refractivity contribution in [1.82, 2.24) is 19.7 Å². The number of carbonyl (C=O) groups is 2. The number of nitrogens with zero attached hydrogens (tertiary/aromatic N) is 4. The number of carboxylic acid groups (broad SMARTS) is 1. The van der Waals surface area contributed by atoms with Crippen LogP contribution < -0.4 is 5.32 Å². The first-order valence-corrected chi connectivity index (χ1v) is 5.31. The molecule has 2 rings (SSSR count). The highest BCUT2D eigenvalue weighted by Gasteiger charge is 2.39. The van der Waals surface area contributed by atoms with Gasteiger partial charge in [-0.05, 0) is 0 Å². The van der Waals surface area contributed by atoms with Gasteiger partial charge < -0.3 is 15.1 Å². The number of carbonyl (C=O) groups excluding carboxylic acids is 1. The maximum absolute atomic E-state index is 11.9. The number of carboxylic acids is 1. The molecule has 0 bridgehead atoms. The summed E-state index contributed by atoms with van der Waals surface area (Å²) in [4.78, 5) is 27.7. The molecule has 0 spiro atoms. The first kappa shape index (κ1) is 12.3. The lowest BCUT2D eigenvalue weighted by Crippen LogP contribution is -2.43. The van der Waals surface area contributed by atoms with Gasteiger partial charge in [-0.25, -0.2) is 14.3 Å². The van der Waals surface area contributed by atoms with Crippen LogP contribution >= 0.6 is 0 Å². The molecule has 9 heteroatoms. The molecule has 1 aliphatic rings. The fourth-order valence-corrected chi connectivity index (χ4v) is 1.85. The molecule has 1 fully saturated rings. The molecule has 98 valence electrons. The van der Waals surface area contributed by atoms with Crippen molar-refractivity contribution >= 4 is 17.9 Å². The molecule has 1 aromatic rings. The summed E-state index contributed by atoms with van der Waals surface area (Å²) in [6, 6.07) is -1.64. The number of aliphatic hydroxyl groups is 1. The number of anilines is 1. The molecule has 0 unspecified atom stereocenters. The summed E-state index contributed by atoms with van der Waals surface area (Å²) in [5.74, 6) is -0.926. The second kappa shape index (κ2) is 4.61. The lowest BCUT2D eigenvalue weighted by atomic mass is 10.2. The van der Waals surface area contributed by atoms with Crippen molar-refractivity contribution in [3.63, 3.8) is 0 Å². The van der Waals surface area contributed by atoms with E-state index in [9.17, 15) is 14.7 Å². The van der Waals surface area contributed by atoms with Crippen LogP contribution in [0.3, 0.4) is 0 Å². The van der Waals surface area contributed by atoms with E-state index in [1.807, 2.05) is 0 Å². The minimum absolute atomic E-state index is 0.0132. The van der Waals surface area contributed by atoms with Crippen molar-refractivity contribution in [2.75, 3.05) is 11.9 Å². The Labute approximate surface area is 102 Å². The third-order valence-corrected chi connectivity index (χ3v) is 2.76. The Hall–Kier alpha value is -2.16. The number of β-amino-alcohol motifs (C(OH)–C–C–N with tert-alkyl or cyclic N) is 1. The maximum atomic E-state index is 11.9. The lowest BCUT2D eigenvalue weighted by Gasteiger charge is -2.20. The Balaban J connectivity index is 2.09. The normalized spacial score (nSPS) is 23.1. The number of likely N-dealkylation sites (tertiary alicyclic amines) is 1. The molecular formula is C9H13N5O4. The zero-order valence-corrected chi connectivity index (χ0v) is 9.65. The lowest BCUT2D eigenvalue weighted by molar-refractivity contribution is -0.141. The van der Waals surface area contributed by atoms with Crippen LogP contribution in [-0.4, -0.2) is 60.6 Å². The molecule has 9 nitrogen and oxygen atoms in total. The number of aromatic nitrogens is 3. The van der Waals surface area contributed by atoms with E-state index in [4.69, 9.17) is 5.11 Å². The molecule has 0 radical (unpaired) electrons. The van der Waals surface area contributed by atoms with E-state index in [0.29, 0.717) is 0 Å². The van der Waals surface area contributed by atoms with E-state index < -0.39 is 24.1 Å². The van der Waals surface area contributed by atoms with Gasteiger partial charge in [-0.2, -0.15) is 10.1 Å².